The molecule has 1 saturated heterocycles. The van der Waals surface area contributed by atoms with Crippen LogP contribution in [-0.4, -0.2) is 31.0 Å². The molecule has 1 heterocycles. The van der Waals surface area contributed by atoms with Crippen molar-refractivity contribution in [1.29, 1.82) is 0 Å². The summed E-state index contributed by atoms with van der Waals surface area (Å²) in [6.07, 6.45) is 0.198. The zero-order chi connectivity index (χ0) is 17.8. The highest BCUT2D eigenvalue weighted by atomic mass is 35.5. The molecule has 1 N–H and O–H groups in total. The van der Waals surface area contributed by atoms with E-state index >= 15 is 0 Å². The van der Waals surface area contributed by atoms with Crippen LogP contribution in [0.3, 0.4) is 0 Å². The third-order valence-corrected chi connectivity index (χ3v) is 4.06. The lowest BCUT2D eigenvalue weighted by Crippen LogP contribution is -2.39. The van der Waals surface area contributed by atoms with Crippen LogP contribution in [0.25, 0.3) is 0 Å². The van der Waals surface area contributed by atoms with E-state index in [9.17, 15) is 14.0 Å². The molecule has 0 unspecified atom stereocenters. The first-order valence-corrected chi connectivity index (χ1v) is 8.13. The fourth-order valence-corrected chi connectivity index (χ4v) is 2.75. The minimum absolute atomic E-state index is 0.115. The number of nitrogens with one attached hydrogen (secondary N) is 1. The van der Waals surface area contributed by atoms with Crippen molar-refractivity contribution in [3.05, 3.63) is 59.4 Å². The van der Waals surface area contributed by atoms with Crippen molar-refractivity contribution >= 4 is 29.1 Å². The summed E-state index contributed by atoms with van der Waals surface area (Å²) in [5.74, 6) is -0.251. The third kappa shape index (κ3) is 4.48. The van der Waals surface area contributed by atoms with Crippen LogP contribution in [0.5, 0.6) is 5.75 Å². The number of ether oxygens (including phenoxy) is 1. The van der Waals surface area contributed by atoms with Gasteiger partial charge in [-0.1, -0.05) is 11.6 Å². The number of hydrogen-bond donors (Lipinski definition) is 1. The predicted molar refractivity (Wildman–Crippen MR) is 92.2 cm³/mol. The van der Waals surface area contributed by atoms with Crippen LogP contribution >= 0.6 is 11.6 Å². The summed E-state index contributed by atoms with van der Waals surface area (Å²) in [5, 5.41) is 3.36. The molecule has 3 rings (SSSR count). The largest absolute Gasteiger partial charge is 0.484 e. The molecule has 1 aliphatic heterocycles. The number of anilines is 1. The molecule has 130 valence electrons. The summed E-state index contributed by atoms with van der Waals surface area (Å²) < 4.78 is 18.4. The fourth-order valence-electron chi connectivity index (χ4n) is 2.62. The van der Waals surface area contributed by atoms with Gasteiger partial charge in [0.2, 0.25) is 5.91 Å². The number of benzene rings is 2. The van der Waals surface area contributed by atoms with Crippen molar-refractivity contribution in [3.63, 3.8) is 0 Å². The number of amides is 2. The van der Waals surface area contributed by atoms with Crippen molar-refractivity contribution in [3.8, 4) is 5.75 Å². The van der Waals surface area contributed by atoms with Crippen molar-refractivity contribution in [2.45, 2.75) is 12.5 Å². The van der Waals surface area contributed by atoms with Gasteiger partial charge in [-0.2, -0.15) is 0 Å². The first-order valence-electron chi connectivity index (χ1n) is 7.75. The lowest BCUT2D eigenvalue weighted by atomic mass is 10.2. The molecule has 2 aromatic rings. The molecular formula is C18H16ClFN2O3. The molecule has 0 bridgehead atoms. The molecule has 5 nitrogen and oxygen atoms in total. The highest BCUT2D eigenvalue weighted by molar-refractivity contribution is 6.30. The highest BCUT2D eigenvalue weighted by Gasteiger charge is 2.31. The van der Waals surface area contributed by atoms with Gasteiger partial charge >= 0.3 is 0 Å². The number of nitrogens with zero attached hydrogens (tertiary/aromatic N) is 1. The SMILES string of the molecule is O=C(COc1ccc(Cl)cc1)N[C@H]1CC(=O)N(c2ccc(F)cc2)C1. The first kappa shape index (κ1) is 17.2. The Bertz CT molecular complexity index is 765. The molecule has 7 heteroatoms. The zero-order valence-corrected chi connectivity index (χ0v) is 14.0. The predicted octanol–water partition coefficient (Wildman–Crippen LogP) is 2.78. The van der Waals surface area contributed by atoms with Crippen molar-refractivity contribution in [2.24, 2.45) is 0 Å². The number of rotatable bonds is 5. The van der Waals surface area contributed by atoms with Crippen LogP contribution in [-0.2, 0) is 9.59 Å². The van der Waals surface area contributed by atoms with Gasteiger partial charge in [0.15, 0.2) is 6.61 Å². The smallest absolute Gasteiger partial charge is 0.258 e. The van der Waals surface area contributed by atoms with Gasteiger partial charge in [0.1, 0.15) is 11.6 Å². The lowest BCUT2D eigenvalue weighted by molar-refractivity contribution is -0.123. The number of carbonyl (C=O) groups is 2. The van der Waals surface area contributed by atoms with E-state index in [1.807, 2.05) is 0 Å². The van der Waals surface area contributed by atoms with Crippen LogP contribution in [0.15, 0.2) is 48.5 Å². The Hall–Kier alpha value is -2.60. The molecule has 0 saturated carbocycles. The van der Waals surface area contributed by atoms with Gasteiger partial charge < -0.3 is 15.0 Å². The summed E-state index contributed by atoms with van der Waals surface area (Å²) >= 11 is 5.78. The Labute approximate surface area is 149 Å². The second-order valence-electron chi connectivity index (χ2n) is 5.69. The van der Waals surface area contributed by atoms with E-state index in [0.29, 0.717) is 23.0 Å². The maximum Gasteiger partial charge on any atom is 0.258 e. The summed E-state index contributed by atoms with van der Waals surface area (Å²) in [6, 6.07) is 12.1. The van der Waals surface area contributed by atoms with Gasteiger partial charge in [-0.05, 0) is 48.5 Å². The minimum Gasteiger partial charge on any atom is -0.484 e. The van der Waals surface area contributed by atoms with E-state index in [-0.39, 0.29) is 36.7 Å². The molecule has 2 amide bonds. The van der Waals surface area contributed by atoms with Crippen molar-refractivity contribution in [1.82, 2.24) is 5.32 Å². The molecule has 1 aliphatic rings. The van der Waals surface area contributed by atoms with Crippen molar-refractivity contribution < 1.29 is 18.7 Å². The maximum absolute atomic E-state index is 13.0. The Morgan fingerprint density at radius 2 is 1.88 bits per heavy atom. The molecule has 2 aromatic carbocycles. The first-order chi connectivity index (χ1) is 12.0. The van der Waals surface area contributed by atoms with Gasteiger partial charge in [-0.3, -0.25) is 9.59 Å². The molecule has 1 atom stereocenters. The molecule has 25 heavy (non-hydrogen) atoms. The maximum atomic E-state index is 13.0. The normalized spacial score (nSPS) is 16.8. The third-order valence-electron chi connectivity index (χ3n) is 3.81. The topological polar surface area (TPSA) is 58.6 Å². The second kappa shape index (κ2) is 7.53. The molecule has 1 fully saturated rings. The molecule has 0 spiro atoms. The van der Waals surface area contributed by atoms with Crippen LogP contribution in [0.2, 0.25) is 5.02 Å². The second-order valence-corrected chi connectivity index (χ2v) is 6.13. The molecule has 0 aliphatic carbocycles. The van der Waals surface area contributed by atoms with Gasteiger partial charge in [-0.25, -0.2) is 4.39 Å². The van der Waals surface area contributed by atoms with E-state index in [1.165, 1.54) is 17.0 Å². The quantitative estimate of drug-likeness (QED) is 0.889. The Balaban J connectivity index is 1.51. The van der Waals surface area contributed by atoms with Crippen LogP contribution < -0.4 is 15.0 Å². The summed E-state index contributed by atoms with van der Waals surface area (Å²) in [4.78, 5) is 25.6. The van der Waals surface area contributed by atoms with E-state index in [0.717, 1.165) is 0 Å². The van der Waals surface area contributed by atoms with E-state index in [1.54, 1.807) is 36.4 Å². The van der Waals surface area contributed by atoms with Gasteiger partial charge in [0, 0.05) is 23.7 Å². The fraction of sp³-hybridized carbons (Fsp3) is 0.222. The lowest BCUT2D eigenvalue weighted by Gasteiger charge is -2.17. The minimum atomic E-state index is -0.361. The Kier molecular flexibility index (Phi) is 5.19. The molecule has 0 aromatic heterocycles. The van der Waals surface area contributed by atoms with E-state index < -0.39 is 0 Å². The van der Waals surface area contributed by atoms with Crippen LogP contribution in [0.1, 0.15) is 6.42 Å². The van der Waals surface area contributed by atoms with E-state index in [4.69, 9.17) is 16.3 Å². The number of carbonyl (C=O) groups excluding carboxylic acids is 2. The monoisotopic (exact) mass is 362 g/mol. The Morgan fingerprint density at radius 1 is 1.20 bits per heavy atom. The molecular weight excluding hydrogens is 347 g/mol. The summed E-state index contributed by atoms with van der Waals surface area (Å²) in [6.45, 7) is 0.194. The van der Waals surface area contributed by atoms with Crippen molar-refractivity contribution in [2.75, 3.05) is 18.1 Å². The van der Waals surface area contributed by atoms with Crippen LogP contribution in [0, 0.1) is 5.82 Å². The van der Waals surface area contributed by atoms with Gasteiger partial charge in [-0.15, -0.1) is 0 Å². The Morgan fingerprint density at radius 3 is 2.56 bits per heavy atom. The average molecular weight is 363 g/mol. The van der Waals surface area contributed by atoms with Crippen LogP contribution in [0.4, 0.5) is 10.1 Å². The average Bonchev–Trinajstić information content (AvgIpc) is 2.95. The van der Waals surface area contributed by atoms with E-state index in [2.05, 4.69) is 5.32 Å². The summed E-state index contributed by atoms with van der Waals surface area (Å²) in [5.41, 5.74) is 0.612. The van der Waals surface area contributed by atoms with Gasteiger partial charge in [0.05, 0.1) is 6.04 Å². The molecule has 0 radical (unpaired) electrons. The number of hydrogen-bond acceptors (Lipinski definition) is 3. The highest BCUT2D eigenvalue weighted by Crippen LogP contribution is 2.22. The summed E-state index contributed by atoms with van der Waals surface area (Å²) in [7, 11) is 0. The zero-order valence-electron chi connectivity index (χ0n) is 13.2. The standard InChI is InChI=1S/C18H16ClFN2O3/c19-12-1-7-16(8-2-12)25-11-17(23)21-14-9-18(24)22(10-14)15-5-3-13(20)4-6-15/h1-8,14H,9-11H2,(H,21,23)/t14-/m0/s1. The number of halogens is 2. The van der Waals surface area contributed by atoms with Gasteiger partial charge in [0.25, 0.3) is 5.91 Å².